The van der Waals surface area contributed by atoms with Gasteiger partial charge in [-0.1, -0.05) is 45.7 Å². The first-order valence-corrected chi connectivity index (χ1v) is 7.75. The number of furan rings is 1. The van der Waals surface area contributed by atoms with E-state index in [1.165, 1.54) is 0 Å². The van der Waals surface area contributed by atoms with Crippen molar-refractivity contribution in [2.45, 2.75) is 0 Å². The second-order valence-corrected chi connectivity index (χ2v) is 6.32. The minimum atomic E-state index is 0.737. The fraction of sp³-hybridized carbons (Fsp3) is 0. The van der Waals surface area contributed by atoms with Crippen LogP contribution in [0.4, 0.5) is 0 Å². The summed E-state index contributed by atoms with van der Waals surface area (Å²) in [5.74, 6) is 0. The van der Waals surface area contributed by atoms with Crippen molar-refractivity contribution in [1.29, 1.82) is 0 Å². The fourth-order valence-electron chi connectivity index (χ4n) is 2.60. The van der Waals surface area contributed by atoms with Gasteiger partial charge in [0, 0.05) is 20.3 Å². The fourth-order valence-corrected chi connectivity index (χ4v) is 3.15. The van der Waals surface area contributed by atoms with Gasteiger partial charge in [0.1, 0.15) is 11.2 Å². The van der Waals surface area contributed by atoms with E-state index in [0.717, 1.165) is 42.6 Å². The van der Waals surface area contributed by atoms with Crippen molar-refractivity contribution >= 4 is 49.5 Å². The zero-order valence-corrected chi connectivity index (χ0v) is 13.3. The van der Waals surface area contributed by atoms with Gasteiger partial charge in [-0.25, -0.2) is 0 Å². The first kappa shape index (κ1) is 12.9. The molecule has 1 nitrogen and oxygen atoms in total. The molecule has 0 spiro atoms. The van der Waals surface area contributed by atoms with E-state index in [-0.39, 0.29) is 0 Å². The Bertz CT molecular complexity index is 971. The summed E-state index contributed by atoms with van der Waals surface area (Å²) >= 11 is 9.57. The third-order valence-corrected chi connectivity index (χ3v) is 4.32. The first-order chi connectivity index (χ1) is 10.2. The van der Waals surface area contributed by atoms with Crippen LogP contribution in [0.2, 0.25) is 5.02 Å². The largest absolute Gasteiger partial charge is 0.456 e. The van der Waals surface area contributed by atoms with Crippen molar-refractivity contribution in [3.63, 3.8) is 0 Å². The quantitative estimate of drug-likeness (QED) is 0.371. The molecule has 0 saturated heterocycles. The second-order valence-electron chi connectivity index (χ2n) is 4.96. The Morgan fingerprint density at radius 1 is 0.762 bits per heavy atom. The number of rotatable bonds is 1. The zero-order chi connectivity index (χ0) is 14.4. The number of benzene rings is 3. The van der Waals surface area contributed by atoms with Crippen molar-refractivity contribution in [1.82, 2.24) is 0 Å². The third kappa shape index (κ3) is 2.25. The van der Waals surface area contributed by atoms with Crippen molar-refractivity contribution in [3.05, 3.63) is 70.2 Å². The van der Waals surface area contributed by atoms with Gasteiger partial charge in [0.2, 0.25) is 0 Å². The number of fused-ring (bicyclic) bond motifs is 3. The average molecular weight is 358 g/mol. The lowest BCUT2D eigenvalue weighted by Gasteiger charge is -2.02. The van der Waals surface area contributed by atoms with E-state index in [2.05, 4.69) is 40.2 Å². The standard InChI is InChI=1S/C18H10BrClO/c19-13-5-7-17-16(10-13)15-6-4-12(9-18(15)21-17)11-2-1-3-14(20)8-11/h1-10H. The van der Waals surface area contributed by atoms with E-state index in [1.807, 2.05) is 36.4 Å². The van der Waals surface area contributed by atoms with Crippen molar-refractivity contribution < 1.29 is 4.42 Å². The summed E-state index contributed by atoms with van der Waals surface area (Å²) in [5.41, 5.74) is 3.98. The number of hydrogen-bond donors (Lipinski definition) is 0. The number of hydrogen-bond acceptors (Lipinski definition) is 1. The van der Waals surface area contributed by atoms with E-state index in [0.29, 0.717) is 0 Å². The summed E-state index contributed by atoms with van der Waals surface area (Å²) < 4.78 is 7.00. The minimum Gasteiger partial charge on any atom is -0.456 e. The highest BCUT2D eigenvalue weighted by molar-refractivity contribution is 9.10. The Morgan fingerprint density at radius 2 is 1.62 bits per heavy atom. The van der Waals surface area contributed by atoms with E-state index >= 15 is 0 Å². The highest BCUT2D eigenvalue weighted by Crippen LogP contribution is 2.34. The van der Waals surface area contributed by atoms with Crippen LogP contribution in [0.3, 0.4) is 0 Å². The molecule has 21 heavy (non-hydrogen) atoms. The van der Waals surface area contributed by atoms with E-state index in [9.17, 15) is 0 Å². The summed E-state index contributed by atoms with van der Waals surface area (Å²) in [6.07, 6.45) is 0. The molecule has 1 heterocycles. The van der Waals surface area contributed by atoms with Crippen LogP contribution in [0.25, 0.3) is 33.1 Å². The lowest BCUT2D eigenvalue weighted by atomic mass is 10.0. The van der Waals surface area contributed by atoms with E-state index < -0.39 is 0 Å². The Hall–Kier alpha value is -1.77. The van der Waals surface area contributed by atoms with Gasteiger partial charge in [0.05, 0.1) is 0 Å². The summed E-state index contributed by atoms with van der Waals surface area (Å²) in [5, 5.41) is 2.98. The lowest BCUT2D eigenvalue weighted by Crippen LogP contribution is -1.77. The van der Waals surface area contributed by atoms with Gasteiger partial charge in [-0.2, -0.15) is 0 Å². The molecule has 0 N–H and O–H groups in total. The van der Waals surface area contributed by atoms with Gasteiger partial charge in [-0.3, -0.25) is 0 Å². The molecule has 3 heteroatoms. The molecule has 3 aromatic carbocycles. The molecule has 0 atom stereocenters. The van der Waals surface area contributed by atoms with Crippen molar-refractivity contribution in [2.24, 2.45) is 0 Å². The topological polar surface area (TPSA) is 13.1 Å². The highest BCUT2D eigenvalue weighted by Gasteiger charge is 2.09. The molecule has 0 aliphatic rings. The molecule has 0 aliphatic carbocycles. The molecular weight excluding hydrogens is 348 g/mol. The van der Waals surface area contributed by atoms with Crippen LogP contribution >= 0.6 is 27.5 Å². The van der Waals surface area contributed by atoms with Gasteiger partial charge in [-0.05, 0) is 53.6 Å². The SMILES string of the molecule is Clc1cccc(-c2ccc3c(c2)oc2ccc(Br)cc23)c1. The van der Waals surface area contributed by atoms with Crippen LogP contribution in [0.15, 0.2) is 69.6 Å². The van der Waals surface area contributed by atoms with Gasteiger partial charge in [-0.15, -0.1) is 0 Å². The minimum absolute atomic E-state index is 0.737. The predicted molar refractivity (Wildman–Crippen MR) is 91.9 cm³/mol. The van der Waals surface area contributed by atoms with Crippen LogP contribution in [-0.2, 0) is 0 Å². The summed E-state index contributed by atoms with van der Waals surface area (Å²) in [7, 11) is 0. The molecule has 0 amide bonds. The van der Waals surface area contributed by atoms with Gasteiger partial charge < -0.3 is 4.42 Å². The van der Waals surface area contributed by atoms with Crippen LogP contribution in [0, 0.1) is 0 Å². The van der Waals surface area contributed by atoms with Crippen molar-refractivity contribution in [3.8, 4) is 11.1 Å². The maximum atomic E-state index is 6.07. The van der Waals surface area contributed by atoms with Gasteiger partial charge in [0.15, 0.2) is 0 Å². The second kappa shape index (κ2) is 4.90. The summed E-state index contributed by atoms with van der Waals surface area (Å²) in [4.78, 5) is 0. The average Bonchev–Trinajstić information content (AvgIpc) is 2.84. The highest BCUT2D eigenvalue weighted by atomic mass is 79.9. The summed E-state index contributed by atoms with van der Waals surface area (Å²) in [6.45, 7) is 0. The molecule has 0 unspecified atom stereocenters. The normalized spacial score (nSPS) is 11.3. The first-order valence-electron chi connectivity index (χ1n) is 6.58. The summed E-state index contributed by atoms with van der Waals surface area (Å²) in [6, 6.07) is 20.2. The van der Waals surface area contributed by atoms with E-state index in [4.69, 9.17) is 16.0 Å². The smallest absolute Gasteiger partial charge is 0.136 e. The van der Waals surface area contributed by atoms with Crippen molar-refractivity contribution in [2.75, 3.05) is 0 Å². The zero-order valence-electron chi connectivity index (χ0n) is 10.9. The molecule has 0 aliphatic heterocycles. The molecule has 0 radical (unpaired) electrons. The molecule has 1 aromatic heterocycles. The Kier molecular flexibility index (Phi) is 3.02. The monoisotopic (exact) mass is 356 g/mol. The molecule has 0 bridgehead atoms. The molecule has 0 saturated carbocycles. The third-order valence-electron chi connectivity index (χ3n) is 3.59. The van der Waals surface area contributed by atoms with Crippen LogP contribution in [-0.4, -0.2) is 0 Å². The maximum absolute atomic E-state index is 6.07. The molecular formula is C18H10BrClO. The molecule has 0 fully saturated rings. The molecule has 4 aromatic rings. The van der Waals surface area contributed by atoms with Crippen LogP contribution in [0.5, 0.6) is 0 Å². The van der Waals surface area contributed by atoms with Gasteiger partial charge >= 0.3 is 0 Å². The van der Waals surface area contributed by atoms with Crippen LogP contribution in [0.1, 0.15) is 0 Å². The van der Waals surface area contributed by atoms with Crippen LogP contribution < -0.4 is 0 Å². The van der Waals surface area contributed by atoms with Gasteiger partial charge in [0.25, 0.3) is 0 Å². The molecule has 4 rings (SSSR count). The Morgan fingerprint density at radius 3 is 2.48 bits per heavy atom. The molecule has 102 valence electrons. The Balaban J connectivity index is 1.96. The number of halogens is 2. The predicted octanol–water partition coefficient (Wildman–Crippen LogP) is 6.67. The maximum Gasteiger partial charge on any atom is 0.136 e. The lowest BCUT2D eigenvalue weighted by molar-refractivity contribution is 0.669. The Labute approximate surface area is 135 Å². The van der Waals surface area contributed by atoms with E-state index in [1.54, 1.807) is 0 Å².